The molecule has 0 saturated carbocycles. The second-order valence-corrected chi connectivity index (χ2v) is 15.8. The number of sulfonamides is 1. The van der Waals surface area contributed by atoms with Gasteiger partial charge in [0, 0.05) is 44.0 Å². The zero-order chi connectivity index (χ0) is 38.6. The van der Waals surface area contributed by atoms with Crippen molar-refractivity contribution in [3.8, 4) is 5.69 Å². The van der Waals surface area contributed by atoms with Crippen molar-refractivity contribution in [2.45, 2.75) is 77.7 Å². The van der Waals surface area contributed by atoms with Crippen molar-refractivity contribution in [3.05, 3.63) is 110 Å². The highest BCUT2D eigenvalue weighted by atomic mass is 35.5. The largest absolute Gasteiger partial charge is 0.384 e. The van der Waals surface area contributed by atoms with Gasteiger partial charge in [-0.05, 0) is 92.1 Å². The highest BCUT2D eigenvalue weighted by Crippen LogP contribution is 2.32. The van der Waals surface area contributed by atoms with E-state index in [1.807, 2.05) is 30.3 Å². The van der Waals surface area contributed by atoms with E-state index in [2.05, 4.69) is 29.0 Å². The molecule has 3 amide bonds. The molecule has 2 aliphatic rings. The summed E-state index contributed by atoms with van der Waals surface area (Å²) in [5, 5.41) is 8.06. The van der Waals surface area contributed by atoms with E-state index in [4.69, 9.17) is 11.6 Å². The average Bonchev–Trinajstić information content (AvgIpc) is 3.76. The minimum Gasteiger partial charge on any atom is -0.384 e. The van der Waals surface area contributed by atoms with E-state index in [-0.39, 0.29) is 38.6 Å². The molecule has 284 valence electrons. The summed E-state index contributed by atoms with van der Waals surface area (Å²) in [5.74, 6) is -1.55. The zero-order valence-electron chi connectivity index (χ0n) is 31.2. The number of anilines is 1. The average molecular weight is 771 g/mol. The Kier molecular flexibility index (Phi) is 11.9. The number of hydrogen-bond donors (Lipinski definition) is 2. The number of nitrogens with zero attached hydrogens (tertiary/aromatic N) is 4. The van der Waals surface area contributed by atoms with Gasteiger partial charge < -0.3 is 15.1 Å². The lowest BCUT2D eigenvalue weighted by molar-refractivity contribution is 0.0732. The van der Waals surface area contributed by atoms with Crippen molar-refractivity contribution in [3.63, 3.8) is 0 Å². The number of benzene rings is 3. The van der Waals surface area contributed by atoms with Gasteiger partial charge in [-0.25, -0.2) is 17.8 Å². The summed E-state index contributed by atoms with van der Waals surface area (Å²) in [5.41, 5.74) is 5.28. The molecule has 0 unspecified atom stereocenters. The lowest BCUT2D eigenvalue weighted by Crippen LogP contribution is -2.37. The molecular weight excluding hydrogens is 724 g/mol. The van der Waals surface area contributed by atoms with Gasteiger partial charge in [0.15, 0.2) is 5.69 Å². The Balaban J connectivity index is 1.39. The van der Waals surface area contributed by atoms with Crippen LogP contribution in [0.25, 0.3) is 11.8 Å². The first kappa shape index (κ1) is 38.8. The van der Waals surface area contributed by atoms with E-state index in [0.29, 0.717) is 61.8 Å². The summed E-state index contributed by atoms with van der Waals surface area (Å²) in [7, 11) is -4.34. The molecule has 3 heterocycles. The Bertz CT molecular complexity index is 2220. The first-order valence-corrected chi connectivity index (χ1v) is 20.5. The Morgan fingerprint density at radius 1 is 0.981 bits per heavy atom. The van der Waals surface area contributed by atoms with Gasteiger partial charge in [0.1, 0.15) is 0 Å². The Hall–Kier alpha value is -4.94. The molecule has 0 bridgehead atoms. The van der Waals surface area contributed by atoms with Crippen LogP contribution in [0.1, 0.15) is 106 Å². The molecule has 0 spiro atoms. The van der Waals surface area contributed by atoms with Gasteiger partial charge in [0.25, 0.3) is 27.7 Å². The van der Waals surface area contributed by atoms with Gasteiger partial charge in [-0.3, -0.25) is 14.4 Å². The van der Waals surface area contributed by atoms with Gasteiger partial charge >= 0.3 is 0 Å². The number of halogens is 1. The summed E-state index contributed by atoms with van der Waals surface area (Å²) >= 11 is 6.82. The first-order chi connectivity index (χ1) is 26.0. The number of rotatable bonds is 13. The summed E-state index contributed by atoms with van der Waals surface area (Å²) in [6, 6.07) is 15.7. The highest BCUT2D eigenvalue weighted by Gasteiger charge is 2.30. The number of allylic oxidation sites excluding steroid dienone is 1. The molecule has 13 heteroatoms. The molecule has 11 nitrogen and oxygen atoms in total. The van der Waals surface area contributed by atoms with E-state index in [9.17, 15) is 22.8 Å². The van der Waals surface area contributed by atoms with Crippen LogP contribution in [0.2, 0.25) is 5.02 Å². The van der Waals surface area contributed by atoms with Gasteiger partial charge in [-0.2, -0.15) is 5.10 Å². The van der Waals surface area contributed by atoms with Gasteiger partial charge in [0.05, 0.1) is 26.9 Å². The second kappa shape index (κ2) is 16.6. The van der Waals surface area contributed by atoms with Crippen LogP contribution in [-0.2, 0) is 29.4 Å². The maximum absolute atomic E-state index is 14.5. The zero-order valence-corrected chi connectivity index (χ0v) is 32.8. The number of unbranched alkanes of at least 4 members (excludes halogenated alkanes) is 2. The summed E-state index contributed by atoms with van der Waals surface area (Å²) in [6.45, 7) is 10.3. The molecular formula is C41H47ClN6O5S. The molecule has 0 atom stereocenters. The first-order valence-electron chi connectivity index (χ1n) is 18.6. The number of carbonyl (C=O) groups is 3. The summed E-state index contributed by atoms with van der Waals surface area (Å²) in [4.78, 5) is 45.6. The molecule has 3 aromatic carbocycles. The number of fused-ring (bicyclic) bond motifs is 2. The minimum atomic E-state index is -4.34. The van der Waals surface area contributed by atoms with Crippen molar-refractivity contribution < 1.29 is 22.8 Å². The Morgan fingerprint density at radius 2 is 1.70 bits per heavy atom. The number of nitrogens with one attached hydrogen (secondary N) is 2. The van der Waals surface area contributed by atoms with Crippen LogP contribution in [0.5, 0.6) is 0 Å². The SMILES string of the molecule is C/C=C/c1cc2c(cc1S(=O)(=O)NC(=O)c1ccc(-n3nc(C(=O)N(CCCC)CCCC)c(Cl)c3C)c(C(=O)N3CCc4ccccc4C3)c1)NCC2. The fourth-order valence-electron chi connectivity index (χ4n) is 7.02. The van der Waals surface area contributed by atoms with Crippen molar-refractivity contribution in [2.75, 3.05) is 31.5 Å². The summed E-state index contributed by atoms with van der Waals surface area (Å²) < 4.78 is 31.3. The third-order valence-corrected chi connectivity index (χ3v) is 11.9. The maximum Gasteiger partial charge on any atom is 0.275 e. The van der Waals surface area contributed by atoms with E-state index >= 15 is 0 Å². The van der Waals surface area contributed by atoms with Crippen molar-refractivity contribution >= 4 is 51.1 Å². The quantitative estimate of drug-likeness (QED) is 0.147. The number of amides is 3. The molecule has 54 heavy (non-hydrogen) atoms. The van der Waals surface area contributed by atoms with Crippen LogP contribution in [0.3, 0.4) is 0 Å². The van der Waals surface area contributed by atoms with Gasteiger partial charge in [-0.15, -0.1) is 0 Å². The Labute approximate surface area is 322 Å². The van der Waals surface area contributed by atoms with Crippen molar-refractivity contribution in [2.24, 2.45) is 0 Å². The number of hydrogen-bond acceptors (Lipinski definition) is 7. The maximum atomic E-state index is 14.5. The van der Waals surface area contributed by atoms with Crippen molar-refractivity contribution in [1.29, 1.82) is 0 Å². The van der Waals surface area contributed by atoms with E-state index in [0.717, 1.165) is 48.8 Å². The second-order valence-electron chi connectivity index (χ2n) is 13.8. The molecule has 2 aliphatic heterocycles. The van der Waals surface area contributed by atoms with Crippen LogP contribution in [0.15, 0.2) is 65.6 Å². The van der Waals surface area contributed by atoms with E-state index in [1.165, 1.54) is 16.8 Å². The molecule has 0 fully saturated rings. The fourth-order valence-corrected chi connectivity index (χ4v) is 8.40. The number of aromatic nitrogens is 2. The van der Waals surface area contributed by atoms with Crippen LogP contribution in [0, 0.1) is 6.92 Å². The van der Waals surface area contributed by atoms with E-state index in [1.54, 1.807) is 47.9 Å². The smallest absolute Gasteiger partial charge is 0.275 e. The summed E-state index contributed by atoms with van der Waals surface area (Å²) in [6.07, 6.45) is 8.38. The lowest BCUT2D eigenvalue weighted by Gasteiger charge is -2.29. The van der Waals surface area contributed by atoms with Gasteiger partial charge in [0.2, 0.25) is 0 Å². The molecule has 0 saturated heterocycles. The minimum absolute atomic E-state index is 0.0343. The van der Waals surface area contributed by atoms with E-state index < -0.39 is 15.9 Å². The van der Waals surface area contributed by atoms with Crippen LogP contribution >= 0.6 is 11.6 Å². The standard InChI is InChI=1S/C41H47ClN6O5S/c1-5-8-20-46(21-9-6-2)41(51)38-37(42)27(4)48(44-38)35-16-15-31(24-33(35)40(50)47-22-18-28-13-10-11-14-32(28)26-47)39(49)45-54(52,53)36-25-34-29(17-19-43-34)23-30(36)12-7-3/h7,10-16,23-25,43H,5-6,8-9,17-22,26H2,1-4H3,(H,45,49)/b12-7+. The molecule has 4 aromatic rings. The third-order valence-electron chi connectivity index (χ3n) is 10.0. The number of carbonyl (C=O) groups excluding carboxylic acids is 3. The Morgan fingerprint density at radius 3 is 2.41 bits per heavy atom. The van der Waals surface area contributed by atoms with Gasteiger partial charge in [-0.1, -0.05) is 74.7 Å². The molecule has 2 N–H and O–H groups in total. The predicted molar refractivity (Wildman–Crippen MR) is 212 cm³/mol. The molecule has 0 aliphatic carbocycles. The fraction of sp³-hybridized carbons (Fsp3) is 0.366. The topological polar surface area (TPSA) is 134 Å². The molecule has 0 radical (unpaired) electrons. The molecule has 1 aromatic heterocycles. The van der Waals surface area contributed by atoms with Crippen LogP contribution in [0.4, 0.5) is 5.69 Å². The monoisotopic (exact) mass is 770 g/mol. The van der Waals surface area contributed by atoms with Crippen molar-refractivity contribution in [1.82, 2.24) is 24.3 Å². The lowest BCUT2D eigenvalue weighted by atomic mass is 9.98. The molecule has 6 rings (SSSR count). The normalized spacial score (nSPS) is 13.8. The third kappa shape index (κ3) is 7.95. The van der Waals surface area contributed by atoms with Crippen LogP contribution in [-0.4, -0.2) is 71.9 Å². The predicted octanol–water partition coefficient (Wildman–Crippen LogP) is 7.19. The van der Waals surface area contributed by atoms with Crippen LogP contribution < -0.4 is 10.0 Å². The highest BCUT2D eigenvalue weighted by molar-refractivity contribution is 7.90.